The Morgan fingerprint density at radius 3 is 2.72 bits per heavy atom. The summed E-state index contributed by atoms with van der Waals surface area (Å²) in [5, 5.41) is 44.5. The monoisotopic (exact) mass is 541 g/mol. The third kappa shape index (κ3) is 7.61. The first-order valence-corrected chi connectivity index (χ1v) is 14.4. The van der Waals surface area contributed by atoms with Gasteiger partial charge in [-0.15, -0.1) is 0 Å². The zero-order valence-electron chi connectivity index (χ0n) is 22.9. The van der Waals surface area contributed by atoms with E-state index in [2.05, 4.69) is 17.2 Å². The predicted octanol–water partition coefficient (Wildman–Crippen LogP) is 2.63. The Hall–Kier alpha value is -2.44. The van der Waals surface area contributed by atoms with Crippen LogP contribution in [0.25, 0.3) is 0 Å². The van der Waals surface area contributed by atoms with Crippen LogP contribution >= 0.6 is 0 Å². The summed E-state index contributed by atoms with van der Waals surface area (Å²) in [7, 11) is 1.46. The molecule has 0 amide bonds. The number of phenols is 1. The zero-order chi connectivity index (χ0) is 27.9. The van der Waals surface area contributed by atoms with Gasteiger partial charge in [-0.05, 0) is 80.2 Å². The Morgan fingerprint density at radius 1 is 1.13 bits per heavy atom. The molecule has 214 valence electrons. The lowest BCUT2D eigenvalue weighted by Gasteiger charge is -2.39. The van der Waals surface area contributed by atoms with Crippen molar-refractivity contribution in [1.82, 2.24) is 5.32 Å². The average Bonchev–Trinajstić information content (AvgIpc) is 2.99. The molecule has 1 saturated carbocycles. The smallest absolute Gasteiger partial charge is 0.160 e. The van der Waals surface area contributed by atoms with Gasteiger partial charge in [0.1, 0.15) is 11.7 Å². The molecule has 1 heterocycles. The lowest BCUT2D eigenvalue weighted by molar-refractivity contribution is -0.124. The van der Waals surface area contributed by atoms with Crippen molar-refractivity contribution in [2.75, 3.05) is 20.3 Å². The minimum Gasteiger partial charge on any atom is -0.504 e. The third-order valence-electron chi connectivity index (χ3n) is 8.80. The molecule has 0 spiro atoms. The van der Waals surface area contributed by atoms with Gasteiger partial charge in [0.2, 0.25) is 0 Å². The molecule has 4 rings (SSSR count). The topological polar surface area (TPSA) is 136 Å². The van der Waals surface area contributed by atoms with E-state index in [1.165, 1.54) is 7.11 Å². The summed E-state index contributed by atoms with van der Waals surface area (Å²) in [5.74, 6) is 6.43. The summed E-state index contributed by atoms with van der Waals surface area (Å²) in [6.45, 7) is 0.516. The van der Waals surface area contributed by atoms with E-state index in [0.29, 0.717) is 60.7 Å². The highest BCUT2D eigenvalue weighted by molar-refractivity contribution is 5.85. The summed E-state index contributed by atoms with van der Waals surface area (Å²) in [4.78, 5) is 24.9. The van der Waals surface area contributed by atoms with Gasteiger partial charge in [-0.3, -0.25) is 9.59 Å². The SMILES string of the molecule is COc1cc2c(cc1O)[C@H](C[C@H](O)CO)C#C[C@H]([C@H](O)CCCC[C@@H]1CN[C@@H]3CC(=O)CC[C@@H]3C1)C(=O)CC2. The lowest BCUT2D eigenvalue weighted by atomic mass is 9.74. The van der Waals surface area contributed by atoms with Gasteiger partial charge in [0.05, 0.1) is 25.9 Å². The number of ketones is 2. The van der Waals surface area contributed by atoms with Crippen LogP contribution in [0.3, 0.4) is 0 Å². The number of phenolic OH excluding ortho intramolecular Hbond substituents is 1. The standard InChI is InChI=1S/C31H43NO7/c1-39-31-14-21-8-11-29(37)25(10-7-20(13-24(35)18-33)26(21)16-30(31)38)28(36)5-3-2-4-19-12-22-6-9-23(34)15-27(22)32-17-19/h14,16,19-20,22,24-25,27-28,32-33,35-36,38H,2-6,8-9,11-13,15,17-18H2,1H3/t19-,20-,22+,24-,25+,27+,28+/m0/s1. The predicted molar refractivity (Wildman–Crippen MR) is 146 cm³/mol. The number of piperidine rings is 1. The highest BCUT2D eigenvalue weighted by atomic mass is 16.5. The number of hydrogen-bond donors (Lipinski definition) is 5. The highest BCUT2D eigenvalue weighted by Gasteiger charge is 2.34. The number of unbranched alkanes of at least 4 members (excludes halogenated alkanes) is 1. The second-order valence-corrected chi connectivity index (χ2v) is 11.6. The molecular formula is C31H43NO7. The lowest BCUT2D eigenvalue weighted by Crippen LogP contribution is -2.48. The number of aryl methyl sites for hydroxylation is 1. The Bertz CT molecular complexity index is 1080. The second kappa shape index (κ2) is 13.8. The maximum atomic E-state index is 13.1. The number of aliphatic hydroxyl groups excluding tert-OH is 3. The molecular weight excluding hydrogens is 498 g/mol. The fourth-order valence-electron chi connectivity index (χ4n) is 6.52. The molecule has 7 atom stereocenters. The fraction of sp³-hybridized carbons (Fsp3) is 0.677. The first kappa shape index (κ1) is 29.5. The van der Waals surface area contributed by atoms with Crippen molar-refractivity contribution < 1.29 is 34.8 Å². The molecule has 2 aliphatic carbocycles. The number of aliphatic hydroxyl groups is 3. The van der Waals surface area contributed by atoms with E-state index in [4.69, 9.17) is 4.74 Å². The quantitative estimate of drug-likeness (QED) is 0.225. The summed E-state index contributed by atoms with van der Waals surface area (Å²) >= 11 is 0. The third-order valence-corrected chi connectivity index (χ3v) is 8.80. The van der Waals surface area contributed by atoms with Gasteiger partial charge in [-0.2, -0.15) is 0 Å². The van der Waals surface area contributed by atoms with Crippen molar-refractivity contribution in [2.24, 2.45) is 17.8 Å². The molecule has 39 heavy (non-hydrogen) atoms. The minimum absolute atomic E-state index is 0.0515. The van der Waals surface area contributed by atoms with Crippen LogP contribution in [0.15, 0.2) is 12.1 Å². The molecule has 8 heteroatoms. The van der Waals surface area contributed by atoms with E-state index in [1.54, 1.807) is 12.1 Å². The van der Waals surface area contributed by atoms with Crippen LogP contribution < -0.4 is 10.1 Å². The number of hydrogen-bond acceptors (Lipinski definition) is 8. The first-order valence-electron chi connectivity index (χ1n) is 14.4. The maximum Gasteiger partial charge on any atom is 0.160 e. The molecule has 0 aromatic heterocycles. The van der Waals surface area contributed by atoms with Gasteiger partial charge in [-0.25, -0.2) is 0 Å². The number of nitrogens with one attached hydrogen (secondary N) is 1. The Morgan fingerprint density at radius 2 is 1.95 bits per heavy atom. The average molecular weight is 542 g/mol. The molecule has 1 aromatic carbocycles. The van der Waals surface area contributed by atoms with E-state index in [0.717, 1.165) is 44.2 Å². The molecule has 1 saturated heterocycles. The van der Waals surface area contributed by atoms with Crippen LogP contribution in [0.2, 0.25) is 0 Å². The number of methoxy groups -OCH3 is 1. The second-order valence-electron chi connectivity index (χ2n) is 11.6. The summed E-state index contributed by atoms with van der Waals surface area (Å²) < 4.78 is 5.25. The maximum absolute atomic E-state index is 13.1. The van der Waals surface area contributed by atoms with E-state index in [1.807, 2.05) is 0 Å². The molecule has 1 aromatic rings. The molecule has 8 nitrogen and oxygen atoms in total. The molecule has 2 fully saturated rings. The van der Waals surface area contributed by atoms with Gasteiger partial charge < -0.3 is 30.5 Å². The van der Waals surface area contributed by atoms with Crippen LogP contribution in [0.1, 0.15) is 81.3 Å². The number of aromatic hydroxyl groups is 1. The van der Waals surface area contributed by atoms with E-state index in [-0.39, 0.29) is 24.4 Å². The van der Waals surface area contributed by atoms with Crippen LogP contribution in [-0.4, -0.2) is 70.5 Å². The molecule has 3 aliphatic rings. The number of rotatable bonds is 10. The number of carbonyl (C=O) groups excluding carboxylic acids is 2. The Labute approximate surface area is 231 Å². The van der Waals surface area contributed by atoms with E-state index >= 15 is 0 Å². The van der Waals surface area contributed by atoms with Crippen molar-refractivity contribution in [1.29, 1.82) is 0 Å². The Balaban J connectivity index is 1.37. The van der Waals surface area contributed by atoms with Crippen LogP contribution in [0.5, 0.6) is 11.5 Å². The Kier molecular flexibility index (Phi) is 10.4. The molecule has 1 aliphatic heterocycles. The van der Waals surface area contributed by atoms with Gasteiger partial charge in [-0.1, -0.05) is 24.7 Å². The van der Waals surface area contributed by atoms with Crippen molar-refractivity contribution >= 4 is 11.6 Å². The van der Waals surface area contributed by atoms with Crippen molar-refractivity contribution in [2.45, 2.75) is 94.8 Å². The number of Topliss-reactive ketones (excluding diaryl/α,β-unsaturated/α-hetero) is 2. The normalized spacial score (nSPS) is 28.6. The van der Waals surface area contributed by atoms with Crippen molar-refractivity contribution in [3.63, 3.8) is 0 Å². The molecule has 0 radical (unpaired) electrons. The van der Waals surface area contributed by atoms with Gasteiger partial charge in [0.25, 0.3) is 0 Å². The number of ether oxygens (including phenoxy) is 1. The summed E-state index contributed by atoms with van der Waals surface area (Å²) in [6, 6.07) is 3.60. The number of benzene rings is 1. The van der Waals surface area contributed by atoms with Gasteiger partial charge in [0.15, 0.2) is 17.3 Å². The molecule has 0 bridgehead atoms. The number of fused-ring (bicyclic) bond motifs is 2. The first-order chi connectivity index (χ1) is 18.8. The minimum atomic E-state index is -1.00. The fourth-order valence-corrected chi connectivity index (χ4v) is 6.52. The van der Waals surface area contributed by atoms with Crippen LogP contribution in [0, 0.1) is 29.6 Å². The molecule has 5 N–H and O–H groups in total. The largest absolute Gasteiger partial charge is 0.504 e. The molecule has 0 unspecified atom stereocenters. The summed E-state index contributed by atoms with van der Waals surface area (Å²) in [5.41, 5.74) is 1.49. The van der Waals surface area contributed by atoms with Gasteiger partial charge in [0, 0.05) is 31.2 Å². The highest BCUT2D eigenvalue weighted by Crippen LogP contribution is 2.37. The number of carbonyl (C=O) groups is 2. The summed E-state index contributed by atoms with van der Waals surface area (Å²) in [6.07, 6.45) is 5.68. The van der Waals surface area contributed by atoms with E-state index in [9.17, 15) is 30.0 Å². The van der Waals surface area contributed by atoms with E-state index < -0.39 is 30.7 Å². The van der Waals surface area contributed by atoms with Crippen LogP contribution in [-0.2, 0) is 16.0 Å². The van der Waals surface area contributed by atoms with Crippen molar-refractivity contribution in [3.8, 4) is 23.3 Å². The zero-order valence-corrected chi connectivity index (χ0v) is 22.9. The van der Waals surface area contributed by atoms with Crippen LogP contribution in [0.4, 0.5) is 0 Å². The van der Waals surface area contributed by atoms with Gasteiger partial charge >= 0.3 is 0 Å². The van der Waals surface area contributed by atoms with Crippen molar-refractivity contribution in [3.05, 3.63) is 23.3 Å².